The molecule has 2 aromatic rings. The van der Waals surface area contributed by atoms with Crippen molar-refractivity contribution in [1.82, 2.24) is 10.2 Å². The van der Waals surface area contributed by atoms with Gasteiger partial charge in [-0.3, -0.25) is 0 Å². The number of rotatable bonds is 7. The summed E-state index contributed by atoms with van der Waals surface area (Å²) in [6.45, 7) is 3.82. The number of amides is 2. The van der Waals surface area contributed by atoms with Crippen LogP contribution in [0.4, 0.5) is 19.3 Å². The van der Waals surface area contributed by atoms with Gasteiger partial charge in [-0.05, 0) is 106 Å². The average Bonchev–Trinajstić information content (AvgIpc) is 3.47. The number of carbonyl (C=O) groups excluding carboxylic acids is 1. The summed E-state index contributed by atoms with van der Waals surface area (Å²) in [5.41, 5.74) is 2.48. The third kappa shape index (κ3) is 8.21. The fourth-order valence-electron chi connectivity index (χ4n) is 5.59. The standard InChI is InChI=1S/C14H19F2N3O.C14H18S.C2H2/c15-12-5-4-11(10-13(12)16)18-14(20)17-6-3-9-19-7-1-2-8-19;1-15-13-7-4-6-11(9-13)14-8-3-2-5-12(14)10-14;1-2/h4-5,10H,1-3,6-9H2,(H2,17,18,20);4,6-7,9,12H,2-3,5,8,10H2,1H3;1-2H. The Morgan fingerprint density at radius 3 is 2.57 bits per heavy atom. The molecule has 2 N–H and O–H groups in total. The van der Waals surface area contributed by atoms with E-state index in [9.17, 15) is 13.6 Å². The Hall–Kier alpha value is -2.56. The van der Waals surface area contributed by atoms with Crippen molar-refractivity contribution in [3.63, 3.8) is 0 Å². The summed E-state index contributed by atoms with van der Waals surface area (Å²) in [4.78, 5) is 15.4. The van der Waals surface area contributed by atoms with Gasteiger partial charge < -0.3 is 15.5 Å². The van der Waals surface area contributed by atoms with Crippen molar-refractivity contribution < 1.29 is 13.6 Å². The predicted molar refractivity (Wildman–Crippen MR) is 150 cm³/mol. The summed E-state index contributed by atoms with van der Waals surface area (Å²) in [5.74, 6) is -0.887. The number of urea groups is 1. The molecule has 5 rings (SSSR count). The lowest BCUT2D eigenvalue weighted by molar-refractivity contribution is 0.251. The van der Waals surface area contributed by atoms with Gasteiger partial charge in [0, 0.05) is 23.2 Å². The van der Waals surface area contributed by atoms with Crippen LogP contribution < -0.4 is 10.6 Å². The molecule has 0 bridgehead atoms. The van der Waals surface area contributed by atoms with Gasteiger partial charge in [-0.1, -0.05) is 25.0 Å². The van der Waals surface area contributed by atoms with Gasteiger partial charge in [0.2, 0.25) is 0 Å². The quantitative estimate of drug-likeness (QED) is 0.230. The number of thioether (sulfide) groups is 1. The predicted octanol–water partition coefficient (Wildman–Crippen LogP) is 7.06. The zero-order valence-electron chi connectivity index (χ0n) is 21.8. The summed E-state index contributed by atoms with van der Waals surface area (Å²) in [5, 5.41) is 5.16. The fraction of sp³-hybridized carbons (Fsp3) is 0.500. The van der Waals surface area contributed by atoms with Crippen LogP contribution in [-0.4, -0.2) is 43.4 Å². The lowest BCUT2D eigenvalue weighted by atomic mass is 9.83. The Morgan fingerprint density at radius 2 is 1.86 bits per heavy atom. The van der Waals surface area contributed by atoms with Gasteiger partial charge in [0.1, 0.15) is 0 Å². The third-order valence-electron chi connectivity index (χ3n) is 7.61. The van der Waals surface area contributed by atoms with E-state index < -0.39 is 17.7 Å². The Balaban J connectivity index is 0.000000199. The van der Waals surface area contributed by atoms with Crippen molar-refractivity contribution in [2.75, 3.05) is 37.8 Å². The van der Waals surface area contributed by atoms with Crippen molar-refractivity contribution in [2.45, 2.75) is 61.7 Å². The Labute approximate surface area is 225 Å². The third-order valence-corrected chi connectivity index (χ3v) is 8.34. The second-order valence-electron chi connectivity index (χ2n) is 9.95. The summed E-state index contributed by atoms with van der Waals surface area (Å²) >= 11 is 1.86. The fourth-order valence-corrected chi connectivity index (χ4v) is 6.05. The van der Waals surface area contributed by atoms with Gasteiger partial charge in [-0.25, -0.2) is 13.6 Å². The number of halogens is 2. The van der Waals surface area contributed by atoms with E-state index in [0.717, 1.165) is 44.1 Å². The maximum atomic E-state index is 13.0. The van der Waals surface area contributed by atoms with Crippen molar-refractivity contribution in [3.8, 4) is 12.8 Å². The van der Waals surface area contributed by atoms with Gasteiger partial charge in [-0.15, -0.1) is 24.6 Å². The van der Waals surface area contributed by atoms with Crippen LogP contribution in [0.1, 0.15) is 56.9 Å². The average molecular weight is 528 g/mol. The molecule has 3 aliphatic rings. The van der Waals surface area contributed by atoms with E-state index in [-0.39, 0.29) is 5.69 Å². The van der Waals surface area contributed by atoms with E-state index >= 15 is 0 Å². The maximum absolute atomic E-state index is 13.0. The Kier molecular flexibility index (Phi) is 11.3. The number of terminal acetylenes is 1. The van der Waals surface area contributed by atoms with Crippen LogP contribution in [0.5, 0.6) is 0 Å². The first-order valence-electron chi connectivity index (χ1n) is 13.2. The molecule has 1 saturated heterocycles. The van der Waals surface area contributed by atoms with Crippen LogP contribution in [0, 0.1) is 30.4 Å². The van der Waals surface area contributed by atoms with Crippen LogP contribution in [0.15, 0.2) is 47.4 Å². The second-order valence-corrected chi connectivity index (χ2v) is 10.8. The van der Waals surface area contributed by atoms with E-state index in [0.29, 0.717) is 12.0 Å². The van der Waals surface area contributed by atoms with E-state index in [1.54, 1.807) is 5.56 Å². The molecular weight excluding hydrogens is 488 g/mol. The minimum absolute atomic E-state index is 0.237. The lowest BCUT2D eigenvalue weighted by Gasteiger charge is -2.22. The lowest BCUT2D eigenvalue weighted by Crippen LogP contribution is -2.31. The van der Waals surface area contributed by atoms with E-state index in [2.05, 4.69) is 58.9 Å². The second kappa shape index (κ2) is 14.4. The molecule has 7 heteroatoms. The van der Waals surface area contributed by atoms with Gasteiger partial charge in [0.05, 0.1) is 0 Å². The number of carbonyl (C=O) groups is 1. The van der Waals surface area contributed by atoms with E-state index in [1.165, 1.54) is 55.9 Å². The van der Waals surface area contributed by atoms with Crippen molar-refractivity contribution in [3.05, 3.63) is 59.7 Å². The van der Waals surface area contributed by atoms with Crippen molar-refractivity contribution in [2.24, 2.45) is 5.92 Å². The minimum Gasteiger partial charge on any atom is -0.338 e. The molecule has 4 nitrogen and oxygen atoms in total. The van der Waals surface area contributed by atoms with Gasteiger partial charge in [0.15, 0.2) is 11.6 Å². The van der Waals surface area contributed by atoms with Crippen LogP contribution in [0.25, 0.3) is 0 Å². The SMILES string of the molecule is C#C.CSc1cccc(C23CCCCC2C3)c1.O=C(NCCCN1CCCC1)Nc1ccc(F)c(F)c1. The molecular formula is C30H39F2N3OS. The number of nitrogens with zero attached hydrogens (tertiary/aromatic N) is 1. The highest BCUT2D eigenvalue weighted by Crippen LogP contribution is 2.62. The molecule has 2 aromatic carbocycles. The van der Waals surface area contributed by atoms with Crippen LogP contribution in [0.3, 0.4) is 0 Å². The highest BCUT2D eigenvalue weighted by Gasteiger charge is 2.55. The van der Waals surface area contributed by atoms with Crippen LogP contribution in [-0.2, 0) is 5.41 Å². The summed E-state index contributed by atoms with van der Waals surface area (Å²) in [6, 6.07) is 12.1. The number of fused-ring (bicyclic) bond motifs is 1. The number of likely N-dealkylation sites (tertiary alicyclic amines) is 1. The zero-order valence-corrected chi connectivity index (χ0v) is 22.6. The zero-order chi connectivity index (χ0) is 26.7. The van der Waals surface area contributed by atoms with Crippen LogP contribution in [0.2, 0.25) is 0 Å². The number of hydrogen-bond acceptors (Lipinski definition) is 3. The first kappa shape index (κ1) is 29.0. The Bertz CT molecular complexity index is 1040. The topological polar surface area (TPSA) is 44.4 Å². The number of hydrogen-bond donors (Lipinski definition) is 2. The van der Waals surface area contributed by atoms with Gasteiger partial charge >= 0.3 is 6.03 Å². The normalized spacial score (nSPS) is 21.9. The number of anilines is 1. The molecule has 2 atom stereocenters. The molecule has 0 spiro atoms. The summed E-state index contributed by atoms with van der Waals surface area (Å²) in [6.07, 6.45) is 20.8. The van der Waals surface area contributed by atoms with Gasteiger partial charge in [0.25, 0.3) is 0 Å². The maximum Gasteiger partial charge on any atom is 0.319 e. The van der Waals surface area contributed by atoms with Crippen molar-refractivity contribution >= 4 is 23.5 Å². The van der Waals surface area contributed by atoms with Crippen molar-refractivity contribution in [1.29, 1.82) is 0 Å². The molecule has 37 heavy (non-hydrogen) atoms. The molecule has 2 aliphatic carbocycles. The summed E-state index contributed by atoms with van der Waals surface area (Å²) in [7, 11) is 0. The molecule has 200 valence electrons. The molecule has 2 unspecified atom stereocenters. The first-order chi connectivity index (χ1) is 18.0. The molecule has 0 aromatic heterocycles. The molecule has 2 amide bonds. The summed E-state index contributed by atoms with van der Waals surface area (Å²) < 4.78 is 25.7. The minimum atomic E-state index is -0.975. The van der Waals surface area contributed by atoms with Crippen LogP contribution >= 0.6 is 11.8 Å². The molecule has 2 saturated carbocycles. The highest BCUT2D eigenvalue weighted by molar-refractivity contribution is 7.98. The molecule has 1 aliphatic heterocycles. The van der Waals surface area contributed by atoms with E-state index in [1.807, 2.05) is 11.8 Å². The van der Waals surface area contributed by atoms with E-state index in [4.69, 9.17) is 0 Å². The molecule has 0 radical (unpaired) electrons. The Morgan fingerprint density at radius 1 is 1.08 bits per heavy atom. The van der Waals surface area contributed by atoms with Gasteiger partial charge in [-0.2, -0.15) is 0 Å². The number of benzene rings is 2. The largest absolute Gasteiger partial charge is 0.338 e. The highest BCUT2D eigenvalue weighted by atomic mass is 32.2. The monoisotopic (exact) mass is 527 g/mol. The smallest absolute Gasteiger partial charge is 0.319 e. The molecule has 1 heterocycles. The molecule has 3 fully saturated rings. The number of nitrogens with one attached hydrogen (secondary N) is 2. The first-order valence-corrected chi connectivity index (χ1v) is 14.4.